The van der Waals surface area contributed by atoms with Crippen molar-refractivity contribution in [1.82, 2.24) is 9.29 Å². The Labute approximate surface area is 153 Å². The summed E-state index contributed by atoms with van der Waals surface area (Å²) >= 11 is 0. The largest absolute Gasteiger partial charge is 0.398 e. The van der Waals surface area contributed by atoms with E-state index in [2.05, 4.69) is 5.32 Å². The Morgan fingerprint density at radius 1 is 1.08 bits per heavy atom. The molecule has 0 bridgehead atoms. The minimum Gasteiger partial charge on any atom is -0.398 e. The molecule has 0 aliphatic carbocycles. The number of nitrogens with one attached hydrogen (secondary N) is 1. The Bertz CT molecular complexity index is 1050. The van der Waals surface area contributed by atoms with Crippen molar-refractivity contribution in [3.05, 3.63) is 59.8 Å². The van der Waals surface area contributed by atoms with Gasteiger partial charge in [-0.15, -0.1) is 0 Å². The average molecular weight is 369 g/mol. The van der Waals surface area contributed by atoms with Gasteiger partial charge in [0.1, 0.15) is 0 Å². The first kappa shape index (κ1) is 17.1. The number of nitrogens with zero attached hydrogens (tertiary/aromatic N) is 1. The maximum absolute atomic E-state index is 13.5. The van der Waals surface area contributed by atoms with Gasteiger partial charge in [-0.3, -0.25) is 0 Å². The van der Waals surface area contributed by atoms with E-state index in [0.717, 1.165) is 42.6 Å². The first-order chi connectivity index (χ1) is 12.5. The second kappa shape index (κ2) is 6.45. The highest BCUT2D eigenvalue weighted by Crippen LogP contribution is 2.35. The summed E-state index contributed by atoms with van der Waals surface area (Å²) in [6, 6.07) is 14.4. The average Bonchev–Trinajstić information content (AvgIpc) is 3.05. The number of piperidine rings is 1. The molecule has 1 aromatic heterocycles. The summed E-state index contributed by atoms with van der Waals surface area (Å²) in [5.41, 5.74) is 9.27. The molecule has 2 heterocycles. The minimum absolute atomic E-state index is 0.197. The molecule has 0 spiro atoms. The van der Waals surface area contributed by atoms with Crippen LogP contribution in [0.25, 0.3) is 10.9 Å². The van der Waals surface area contributed by atoms with Gasteiger partial charge in [-0.2, -0.15) is 0 Å². The van der Waals surface area contributed by atoms with Gasteiger partial charge in [-0.1, -0.05) is 23.8 Å². The molecule has 1 aliphatic rings. The molecule has 0 unspecified atom stereocenters. The SMILES string of the molecule is Cc1ccc(S(=O)(=O)n2c(C3CCNCC3)cc3c(N)cccc32)cc1. The van der Waals surface area contributed by atoms with Crippen molar-refractivity contribution < 1.29 is 8.42 Å². The maximum Gasteiger partial charge on any atom is 0.268 e. The maximum atomic E-state index is 13.5. The van der Waals surface area contributed by atoms with Gasteiger partial charge < -0.3 is 11.1 Å². The van der Waals surface area contributed by atoms with E-state index < -0.39 is 10.0 Å². The number of hydrogen-bond acceptors (Lipinski definition) is 4. The summed E-state index contributed by atoms with van der Waals surface area (Å²) in [4.78, 5) is 0.304. The van der Waals surface area contributed by atoms with Crippen molar-refractivity contribution in [2.75, 3.05) is 18.8 Å². The van der Waals surface area contributed by atoms with Gasteiger partial charge in [0.15, 0.2) is 0 Å². The summed E-state index contributed by atoms with van der Waals surface area (Å²) in [6.45, 7) is 3.74. The summed E-state index contributed by atoms with van der Waals surface area (Å²) < 4.78 is 28.5. The minimum atomic E-state index is -3.70. The van der Waals surface area contributed by atoms with Gasteiger partial charge in [0.05, 0.1) is 10.4 Å². The molecular formula is C20H23N3O2S. The van der Waals surface area contributed by atoms with Crippen molar-refractivity contribution in [3.63, 3.8) is 0 Å². The molecule has 0 saturated carbocycles. The summed E-state index contributed by atoms with van der Waals surface area (Å²) in [7, 11) is -3.70. The van der Waals surface area contributed by atoms with E-state index in [1.165, 1.54) is 3.97 Å². The normalized spacial score (nSPS) is 16.2. The third-order valence-electron chi connectivity index (χ3n) is 5.18. The molecule has 0 radical (unpaired) electrons. The van der Waals surface area contributed by atoms with Crippen LogP contribution in [-0.4, -0.2) is 25.5 Å². The van der Waals surface area contributed by atoms with E-state index in [4.69, 9.17) is 5.73 Å². The molecular weight excluding hydrogens is 346 g/mol. The smallest absolute Gasteiger partial charge is 0.268 e. The fourth-order valence-corrected chi connectivity index (χ4v) is 5.32. The lowest BCUT2D eigenvalue weighted by Crippen LogP contribution is -2.28. The van der Waals surface area contributed by atoms with Crippen molar-refractivity contribution in [3.8, 4) is 0 Å². The van der Waals surface area contributed by atoms with Crippen molar-refractivity contribution >= 4 is 26.6 Å². The van der Waals surface area contributed by atoms with Crippen molar-refractivity contribution in [2.24, 2.45) is 0 Å². The molecule has 3 aromatic rings. The zero-order valence-corrected chi connectivity index (χ0v) is 15.6. The topological polar surface area (TPSA) is 77.1 Å². The first-order valence-electron chi connectivity index (χ1n) is 8.91. The lowest BCUT2D eigenvalue weighted by Gasteiger charge is -2.24. The zero-order chi connectivity index (χ0) is 18.3. The fraction of sp³-hybridized carbons (Fsp3) is 0.300. The number of fused-ring (bicyclic) bond motifs is 1. The van der Waals surface area contributed by atoms with E-state index in [0.29, 0.717) is 16.1 Å². The molecule has 3 N–H and O–H groups in total. The number of anilines is 1. The van der Waals surface area contributed by atoms with Gasteiger partial charge in [0.25, 0.3) is 10.0 Å². The van der Waals surface area contributed by atoms with Crippen LogP contribution in [0, 0.1) is 6.92 Å². The highest BCUT2D eigenvalue weighted by Gasteiger charge is 2.28. The molecule has 2 aromatic carbocycles. The van der Waals surface area contributed by atoms with Gasteiger partial charge in [0.2, 0.25) is 0 Å². The van der Waals surface area contributed by atoms with Crippen LogP contribution in [0.4, 0.5) is 5.69 Å². The summed E-state index contributed by atoms with van der Waals surface area (Å²) in [5.74, 6) is 0.197. The highest BCUT2D eigenvalue weighted by atomic mass is 32.2. The number of rotatable bonds is 3. The highest BCUT2D eigenvalue weighted by molar-refractivity contribution is 7.90. The number of aromatic nitrogens is 1. The van der Waals surface area contributed by atoms with Crippen molar-refractivity contribution in [2.45, 2.75) is 30.6 Å². The number of nitrogens with two attached hydrogens (primary N) is 1. The number of benzene rings is 2. The number of hydrogen-bond donors (Lipinski definition) is 2. The monoisotopic (exact) mass is 369 g/mol. The van der Waals surface area contributed by atoms with E-state index in [1.807, 2.05) is 43.3 Å². The Hall–Kier alpha value is -2.31. The lowest BCUT2D eigenvalue weighted by atomic mass is 9.95. The Kier molecular flexibility index (Phi) is 4.25. The zero-order valence-electron chi connectivity index (χ0n) is 14.8. The van der Waals surface area contributed by atoms with E-state index in [1.54, 1.807) is 12.1 Å². The second-order valence-electron chi connectivity index (χ2n) is 6.96. The first-order valence-corrected chi connectivity index (χ1v) is 10.4. The Morgan fingerprint density at radius 2 is 1.77 bits per heavy atom. The van der Waals surface area contributed by atoms with Crippen LogP contribution in [-0.2, 0) is 10.0 Å². The third kappa shape index (κ3) is 2.79. The number of aryl methyl sites for hydroxylation is 1. The Balaban J connectivity index is 1.97. The number of nitrogen functional groups attached to an aromatic ring is 1. The van der Waals surface area contributed by atoms with Crippen LogP contribution in [0.2, 0.25) is 0 Å². The van der Waals surface area contributed by atoms with Crippen LogP contribution in [0.15, 0.2) is 53.4 Å². The van der Waals surface area contributed by atoms with E-state index in [9.17, 15) is 8.42 Å². The molecule has 4 rings (SSSR count). The van der Waals surface area contributed by atoms with Crippen molar-refractivity contribution in [1.29, 1.82) is 0 Å². The molecule has 1 fully saturated rings. The quantitative estimate of drug-likeness (QED) is 0.695. The molecule has 0 atom stereocenters. The summed E-state index contributed by atoms with van der Waals surface area (Å²) in [5, 5.41) is 4.14. The predicted molar refractivity (Wildman–Crippen MR) is 105 cm³/mol. The van der Waals surface area contributed by atoms with Crippen LogP contribution in [0.5, 0.6) is 0 Å². The molecule has 0 amide bonds. The fourth-order valence-electron chi connectivity index (χ4n) is 3.74. The molecule has 1 aliphatic heterocycles. The second-order valence-corrected chi connectivity index (χ2v) is 8.74. The van der Waals surface area contributed by atoms with Gasteiger partial charge >= 0.3 is 0 Å². The Morgan fingerprint density at radius 3 is 2.46 bits per heavy atom. The molecule has 1 saturated heterocycles. The van der Waals surface area contributed by atoms with E-state index >= 15 is 0 Å². The van der Waals surface area contributed by atoms with Crippen LogP contribution in [0.3, 0.4) is 0 Å². The van der Waals surface area contributed by atoms with Gasteiger partial charge in [-0.25, -0.2) is 12.4 Å². The molecule has 6 heteroatoms. The molecule has 5 nitrogen and oxygen atoms in total. The van der Waals surface area contributed by atoms with Crippen LogP contribution in [0.1, 0.15) is 30.0 Å². The van der Waals surface area contributed by atoms with Gasteiger partial charge in [0, 0.05) is 22.7 Å². The lowest BCUT2D eigenvalue weighted by molar-refractivity contribution is 0.451. The van der Waals surface area contributed by atoms with Crippen LogP contribution >= 0.6 is 0 Å². The van der Waals surface area contributed by atoms with E-state index in [-0.39, 0.29) is 5.92 Å². The molecule has 26 heavy (non-hydrogen) atoms. The van der Waals surface area contributed by atoms with Gasteiger partial charge in [-0.05, 0) is 63.2 Å². The molecule has 136 valence electrons. The third-order valence-corrected chi connectivity index (χ3v) is 6.94. The predicted octanol–water partition coefficient (Wildman–Crippen LogP) is 3.24. The summed E-state index contributed by atoms with van der Waals surface area (Å²) in [6.07, 6.45) is 1.83. The van der Waals surface area contributed by atoms with Crippen LogP contribution < -0.4 is 11.1 Å². The standard InChI is InChI=1S/C20H23N3O2S/c1-14-5-7-16(8-6-14)26(24,25)23-19-4-2-3-18(21)17(19)13-20(23)15-9-11-22-12-10-15/h2-8,13,15,22H,9-12,21H2,1H3.